The van der Waals surface area contributed by atoms with E-state index in [1.165, 1.54) is 11.8 Å². The van der Waals surface area contributed by atoms with Crippen molar-refractivity contribution in [3.05, 3.63) is 58.8 Å². The molecule has 1 fully saturated rings. The van der Waals surface area contributed by atoms with Crippen molar-refractivity contribution in [2.24, 2.45) is 5.41 Å². The van der Waals surface area contributed by atoms with Crippen LogP contribution >= 0.6 is 0 Å². The van der Waals surface area contributed by atoms with Crippen LogP contribution in [-0.4, -0.2) is 41.5 Å². The van der Waals surface area contributed by atoms with E-state index >= 15 is 0 Å². The average molecular weight is 504 g/mol. The number of aromatic nitrogens is 2. The number of anilines is 1. The number of aromatic amines is 1. The first-order valence-electron chi connectivity index (χ1n) is 13.2. The van der Waals surface area contributed by atoms with Crippen LogP contribution in [-0.2, 0) is 14.9 Å². The largest absolute Gasteiger partial charge is 0.381 e. The molecule has 8 heteroatoms. The molecule has 0 bridgehead atoms. The van der Waals surface area contributed by atoms with Crippen molar-refractivity contribution >= 4 is 28.9 Å². The van der Waals surface area contributed by atoms with E-state index in [1.807, 2.05) is 6.07 Å². The minimum atomic E-state index is -0.379. The summed E-state index contributed by atoms with van der Waals surface area (Å²) in [6.45, 7) is 15.1. The number of carbonyl (C=O) groups excluding carboxylic acids is 2. The third kappa shape index (κ3) is 5.78. The van der Waals surface area contributed by atoms with E-state index < -0.39 is 0 Å². The molecule has 2 heterocycles. The second kappa shape index (κ2) is 11.3. The molecule has 0 unspecified atom stereocenters. The van der Waals surface area contributed by atoms with Gasteiger partial charge in [0.15, 0.2) is 0 Å². The first-order valence-corrected chi connectivity index (χ1v) is 13.2. The summed E-state index contributed by atoms with van der Waals surface area (Å²) in [5.74, 6) is -0.0831. The number of amides is 2. The predicted molar refractivity (Wildman–Crippen MR) is 145 cm³/mol. The first kappa shape index (κ1) is 26.6. The summed E-state index contributed by atoms with van der Waals surface area (Å²) in [7, 11) is 0. The lowest BCUT2D eigenvalue weighted by Gasteiger charge is -2.39. The van der Waals surface area contributed by atoms with E-state index in [-0.39, 0.29) is 28.9 Å². The summed E-state index contributed by atoms with van der Waals surface area (Å²) in [5, 5.41) is 6.07. The fourth-order valence-electron chi connectivity index (χ4n) is 5.62. The highest BCUT2D eigenvalue weighted by molar-refractivity contribution is 6.03. The molecule has 37 heavy (non-hydrogen) atoms. The Labute approximate surface area is 219 Å². The summed E-state index contributed by atoms with van der Waals surface area (Å²) < 4.78 is 5.67. The summed E-state index contributed by atoms with van der Waals surface area (Å²) in [6, 6.07) is 6.23. The van der Waals surface area contributed by atoms with Crippen molar-refractivity contribution in [3.63, 3.8) is 0 Å². The van der Waals surface area contributed by atoms with Crippen LogP contribution in [0.2, 0.25) is 0 Å². The Hall–Kier alpha value is -3.44. The maximum atomic E-state index is 13.0. The molecule has 1 aliphatic heterocycles. The van der Waals surface area contributed by atoms with Gasteiger partial charge in [0.05, 0.1) is 6.20 Å². The van der Waals surface area contributed by atoms with Crippen LogP contribution in [0, 0.1) is 12.0 Å². The molecular weight excluding hydrogens is 466 g/mol. The zero-order valence-corrected chi connectivity index (χ0v) is 22.1. The van der Waals surface area contributed by atoms with Gasteiger partial charge in [0.1, 0.15) is 0 Å². The summed E-state index contributed by atoms with van der Waals surface area (Å²) in [5.41, 5.74) is 4.23. The number of hydrogen-bond acceptors (Lipinski definition) is 4. The number of benzene rings is 1. The van der Waals surface area contributed by atoms with Gasteiger partial charge in [-0.05, 0) is 60.8 Å². The highest BCUT2D eigenvalue weighted by Crippen LogP contribution is 2.46. The van der Waals surface area contributed by atoms with Crippen LogP contribution < -0.4 is 10.6 Å². The smallest absolute Gasteiger partial charge is 0.314 e. The van der Waals surface area contributed by atoms with Gasteiger partial charge in [-0.15, -0.1) is 0 Å². The lowest BCUT2D eigenvalue weighted by Crippen LogP contribution is -2.44. The molecule has 196 valence electrons. The number of hydrogen-bond donors (Lipinski definition) is 3. The number of carbonyl (C=O) groups is 2. The Balaban J connectivity index is 1.73. The molecule has 0 saturated carbocycles. The zero-order valence-electron chi connectivity index (χ0n) is 22.1. The van der Waals surface area contributed by atoms with Crippen molar-refractivity contribution in [2.45, 2.75) is 71.1 Å². The number of nitrogens with one attached hydrogen (secondary N) is 3. The van der Waals surface area contributed by atoms with Gasteiger partial charge in [0.2, 0.25) is 11.7 Å². The molecule has 1 aromatic heterocycles. The second-order valence-electron chi connectivity index (χ2n) is 10.4. The maximum absolute atomic E-state index is 13.0. The van der Waals surface area contributed by atoms with Gasteiger partial charge >= 0.3 is 5.91 Å². The SMILES string of the molecule is [C-]#[N+]c1cnc(C(=O)Nc2ccc(C3(CNC(C)=O)CCOCC3)cc2C2=CCC(CC)(CC)CC2)[nH]1. The fourth-order valence-corrected chi connectivity index (χ4v) is 5.62. The normalized spacial score (nSPS) is 18.4. The van der Waals surface area contributed by atoms with E-state index in [0.29, 0.717) is 25.2 Å². The van der Waals surface area contributed by atoms with Gasteiger partial charge in [-0.25, -0.2) is 4.98 Å². The van der Waals surface area contributed by atoms with Crippen LogP contribution in [0.15, 0.2) is 30.5 Å². The quantitative estimate of drug-likeness (QED) is 0.398. The number of nitrogens with zero attached hydrogens (tertiary/aromatic N) is 2. The van der Waals surface area contributed by atoms with E-state index in [9.17, 15) is 9.59 Å². The minimum Gasteiger partial charge on any atom is -0.381 e. The van der Waals surface area contributed by atoms with Crippen LogP contribution in [0.4, 0.5) is 11.5 Å². The molecule has 1 aliphatic carbocycles. The number of allylic oxidation sites excluding steroid dienone is 2. The van der Waals surface area contributed by atoms with Crippen molar-refractivity contribution in [2.75, 3.05) is 25.1 Å². The summed E-state index contributed by atoms with van der Waals surface area (Å²) in [6.07, 6.45) is 10.7. The topological polar surface area (TPSA) is 100 Å². The highest BCUT2D eigenvalue weighted by atomic mass is 16.5. The second-order valence-corrected chi connectivity index (χ2v) is 10.4. The summed E-state index contributed by atoms with van der Waals surface area (Å²) in [4.78, 5) is 34.9. The molecule has 2 amide bonds. The monoisotopic (exact) mass is 503 g/mol. The molecule has 8 nitrogen and oxygen atoms in total. The number of rotatable bonds is 8. The van der Waals surface area contributed by atoms with Gasteiger partial charge < -0.3 is 20.2 Å². The van der Waals surface area contributed by atoms with E-state index in [1.54, 1.807) is 6.92 Å². The Kier molecular flexibility index (Phi) is 8.13. The molecule has 1 aromatic carbocycles. The van der Waals surface area contributed by atoms with Crippen LogP contribution in [0.25, 0.3) is 10.4 Å². The number of imidazole rings is 1. The predicted octanol–water partition coefficient (Wildman–Crippen LogP) is 5.77. The molecule has 2 aliphatic rings. The fraction of sp³-hybridized carbons (Fsp3) is 0.517. The summed E-state index contributed by atoms with van der Waals surface area (Å²) >= 11 is 0. The van der Waals surface area contributed by atoms with Crippen molar-refractivity contribution < 1.29 is 14.3 Å². The molecule has 3 N–H and O–H groups in total. The third-order valence-electron chi connectivity index (χ3n) is 8.46. The maximum Gasteiger partial charge on any atom is 0.314 e. The Morgan fingerprint density at radius 2 is 1.95 bits per heavy atom. The van der Waals surface area contributed by atoms with Gasteiger partial charge in [-0.2, -0.15) is 0 Å². The molecule has 1 saturated heterocycles. The van der Waals surface area contributed by atoms with Gasteiger partial charge in [0.25, 0.3) is 5.82 Å². The lowest BCUT2D eigenvalue weighted by molar-refractivity contribution is -0.119. The van der Waals surface area contributed by atoms with Crippen molar-refractivity contribution in [1.82, 2.24) is 15.3 Å². The molecule has 0 radical (unpaired) electrons. The standard InChI is InChI=1S/C29H37N5O3/c1-5-28(6-2)11-9-21(10-12-28)23-17-22(29(19-32-20(3)35)13-15-37-16-14-29)7-8-24(23)33-27(36)26-31-18-25(30-4)34-26/h7-9,17-18H,5-6,10-16,19H2,1-3H3,(H,31,34)(H,32,35)(H,33,36). The van der Waals surface area contributed by atoms with E-state index in [4.69, 9.17) is 11.3 Å². The Morgan fingerprint density at radius 1 is 1.19 bits per heavy atom. The van der Waals surface area contributed by atoms with Crippen LogP contribution in [0.1, 0.15) is 87.5 Å². The highest BCUT2D eigenvalue weighted by Gasteiger charge is 2.36. The van der Waals surface area contributed by atoms with Crippen LogP contribution in [0.5, 0.6) is 0 Å². The van der Waals surface area contributed by atoms with E-state index in [0.717, 1.165) is 61.8 Å². The van der Waals surface area contributed by atoms with Gasteiger partial charge in [-0.1, -0.05) is 45.4 Å². The zero-order chi connectivity index (χ0) is 26.5. The van der Waals surface area contributed by atoms with Crippen LogP contribution in [0.3, 0.4) is 0 Å². The third-order valence-corrected chi connectivity index (χ3v) is 8.46. The first-order chi connectivity index (χ1) is 17.8. The van der Waals surface area contributed by atoms with Gasteiger partial charge in [-0.3, -0.25) is 14.6 Å². The molecule has 2 aromatic rings. The van der Waals surface area contributed by atoms with E-state index in [2.05, 4.69) is 57.5 Å². The molecule has 4 rings (SSSR count). The van der Waals surface area contributed by atoms with Crippen molar-refractivity contribution in [1.29, 1.82) is 0 Å². The van der Waals surface area contributed by atoms with Crippen molar-refractivity contribution in [3.8, 4) is 0 Å². The number of ether oxygens (including phenoxy) is 1. The number of H-pyrrole nitrogens is 1. The minimum absolute atomic E-state index is 0.0438. The Morgan fingerprint density at radius 3 is 2.54 bits per heavy atom. The van der Waals surface area contributed by atoms with Gasteiger partial charge in [0, 0.05) is 43.3 Å². The Bertz CT molecular complexity index is 1210. The molecule has 0 atom stereocenters. The molecular formula is C29H37N5O3. The lowest BCUT2D eigenvalue weighted by atomic mass is 9.69. The molecule has 0 spiro atoms. The average Bonchev–Trinajstić information content (AvgIpc) is 3.42.